The number of carbonyl (C=O) groups excluding carboxylic acids is 2. The molecule has 0 unspecified atom stereocenters. The van der Waals surface area contributed by atoms with Gasteiger partial charge in [-0.05, 0) is 78.1 Å². The molecule has 11 nitrogen and oxygen atoms in total. The first-order valence-corrected chi connectivity index (χ1v) is 13.5. The van der Waals surface area contributed by atoms with Crippen molar-refractivity contribution in [1.29, 1.82) is 0 Å². The fraction of sp³-hybridized carbons (Fsp3) is 0.300. The summed E-state index contributed by atoms with van der Waals surface area (Å²) in [5.41, 5.74) is 0.215. The summed E-state index contributed by atoms with van der Waals surface area (Å²) in [6.45, 7) is 0.156. The van der Waals surface area contributed by atoms with Crippen molar-refractivity contribution < 1.29 is 28.2 Å². The summed E-state index contributed by atoms with van der Waals surface area (Å²) in [5, 5.41) is 7.55. The minimum absolute atomic E-state index is 0.0636. The van der Waals surface area contributed by atoms with Crippen LogP contribution in [0.4, 0.5) is 14.9 Å². The van der Waals surface area contributed by atoms with Crippen LogP contribution in [0.1, 0.15) is 31.2 Å². The van der Waals surface area contributed by atoms with Crippen LogP contribution in [-0.4, -0.2) is 52.1 Å². The number of ether oxygens (including phenoxy) is 3. The number of hydrogen-bond acceptors (Lipinski definition) is 8. The van der Waals surface area contributed by atoms with Gasteiger partial charge < -0.3 is 14.2 Å². The van der Waals surface area contributed by atoms with Gasteiger partial charge in [-0.25, -0.2) is 14.0 Å². The predicted molar refractivity (Wildman–Crippen MR) is 150 cm³/mol. The number of halogens is 1. The highest BCUT2D eigenvalue weighted by molar-refractivity contribution is 5.93. The van der Waals surface area contributed by atoms with E-state index in [1.54, 1.807) is 43.5 Å². The molecule has 0 N–H and O–H groups in total. The maximum atomic E-state index is 14.7. The summed E-state index contributed by atoms with van der Waals surface area (Å²) in [7, 11) is 2.92. The highest BCUT2D eigenvalue weighted by Crippen LogP contribution is 2.32. The summed E-state index contributed by atoms with van der Waals surface area (Å²) in [6, 6.07) is 19.2. The lowest BCUT2D eigenvalue weighted by atomic mass is 9.85. The number of para-hydroxylation sites is 2. The van der Waals surface area contributed by atoms with Gasteiger partial charge in [0.25, 0.3) is 0 Å². The van der Waals surface area contributed by atoms with Gasteiger partial charge in [-0.1, -0.05) is 36.4 Å². The van der Waals surface area contributed by atoms with Crippen molar-refractivity contribution in [3.8, 4) is 17.2 Å². The van der Waals surface area contributed by atoms with Crippen LogP contribution in [0.5, 0.6) is 11.5 Å². The molecule has 0 radical (unpaired) electrons. The number of nitrogens with zero attached hydrogens (tertiary/aromatic N) is 5. The van der Waals surface area contributed by atoms with Crippen LogP contribution in [0.2, 0.25) is 0 Å². The highest BCUT2D eigenvalue weighted by Gasteiger charge is 2.35. The third-order valence-corrected chi connectivity index (χ3v) is 7.32. The van der Waals surface area contributed by atoms with Crippen molar-refractivity contribution in [2.45, 2.75) is 38.3 Å². The fourth-order valence-corrected chi connectivity index (χ4v) is 5.10. The zero-order chi connectivity index (χ0) is 29.6. The third-order valence-electron chi connectivity index (χ3n) is 7.32. The maximum absolute atomic E-state index is 14.7. The molecule has 4 aromatic rings. The Hall–Kier alpha value is -5.00. The number of tetrazole rings is 1. The number of aromatic nitrogens is 4. The number of rotatable bonds is 8. The zero-order valence-corrected chi connectivity index (χ0v) is 23.2. The Kier molecular flexibility index (Phi) is 8.60. The first-order chi connectivity index (χ1) is 20.4. The zero-order valence-electron chi connectivity index (χ0n) is 23.2. The first kappa shape index (κ1) is 28.5. The molecule has 1 aromatic heterocycles. The molecule has 0 spiro atoms. The molecule has 0 bridgehead atoms. The van der Waals surface area contributed by atoms with Crippen molar-refractivity contribution in [3.63, 3.8) is 0 Å². The molecule has 1 heterocycles. The summed E-state index contributed by atoms with van der Waals surface area (Å²) < 4.78 is 31.9. The molecule has 5 rings (SSSR count). The average Bonchev–Trinajstić information content (AvgIpc) is 3.41. The van der Waals surface area contributed by atoms with Crippen LogP contribution < -0.4 is 20.1 Å². The van der Waals surface area contributed by atoms with Gasteiger partial charge in [0.2, 0.25) is 0 Å². The number of carbonyl (C=O) groups is 2. The van der Waals surface area contributed by atoms with E-state index in [0.29, 0.717) is 40.7 Å². The molecule has 1 amide bonds. The number of methoxy groups -OCH3 is 2. The van der Waals surface area contributed by atoms with Crippen LogP contribution in [0.25, 0.3) is 5.69 Å². The van der Waals surface area contributed by atoms with Gasteiger partial charge in [0.1, 0.15) is 23.8 Å². The van der Waals surface area contributed by atoms with E-state index in [1.165, 1.54) is 24.1 Å². The van der Waals surface area contributed by atoms with E-state index in [-0.39, 0.29) is 36.0 Å². The second-order valence-electron chi connectivity index (χ2n) is 9.83. The molecule has 42 heavy (non-hydrogen) atoms. The molecule has 0 saturated heterocycles. The second kappa shape index (κ2) is 12.7. The Morgan fingerprint density at radius 1 is 0.905 bits per heavy atom. The predicted octanol–water partition coefficient (Wildman–Crippen LogP) is 4.36. The normalized spacial score (nSPS) is 16.5. The van der Waals surface area contributed by atoms with Crippen LogP contribution in [0, 0.1) is 11.7 Å². The number of amides is 1. The smallest absolute Gasteiger partial charge is 0.377 e. The Morgan fingerprint density at radius 2 is 1.62 bits per heavy atom. The van der Waals surface area contributed by atoms with E-state index in [0.717, 1.165) is 17.4 Å². The average molecular weight is 576 g/mol. The van der Waals surface area contributed by atoms with Gasteiger partial charge in [-0.2, -0.15) is 4.68 Å². The second-order valence-corrected chi connectivity index (χ2v) is 9.83. The van der Waals surface area contributed by atoms with E-state index in [9.17, 15) is 18.8 Å². The molecular formula is C30H30FN5O6. The molecule has 0 atom stereocenters. The maximum Gasteiger partial charge on any atom is 0.377 e. The molecule has 218 valence electrons. The summed E-state index contributed by atoms with van der Waals surface area (Å²) in [5.74, 6) is -0.580. The Bertz CT molecular complexity index is 1600. The standard InChI is InChI=1S/C30H30FN5O6/c1-40-24-17-11-20(12-18-24)19-42-28(37)21-13-15-23(16-14-21)34(22-7-4-3-5-8-22)29(38)36-30(39)35(32-33-36)27-25(31)9-6-10-26(27)41-2/h3-12,17-18,21,23H,13-16,19H2,1-2H3/t21-,23-. The number of anilines is 1. The lowest BCUT2D eigenvalue weighted by Gasteiger charge is -2.35. The van der Waals surface area contributed by atoms with Gasteiger partial charge in [-0.3, -0.25) is 9.69 Å². The van der Waals surface area contributed by atoms with E-state index >= 15 is 0 Å². The van der Waals surface area contributed by atoms with E-state index in [2.05, 4.69) is 10.4 Å². The van der Waals surface area contributed by atoms with E-state index in [4.69, 9.17) is 14.2 Å². The largest absolute Gasteiger partial charge is 0.497 e. The number of hydrogen-bond donors (Lipinski definition) is 0. The van der Waals surface area contributed by atoms with Gasteiger partial charge in [0, 0.05) is 11.7 Å². The van der Waals surface area contributed by atoms with Crippen molar-refractivity contribution in [1.82, 2.24) is 19.8 Å². The minimum atomic E-state index is -0.944. The Morgan fingerprint density at radius 3 is 2.29 bits per heavy atom. The number of esters is 1. The van der Waals surface area contributed by atoms with Crippen molar-refractivity contribution in [2.24, 2.45) is 5.92 Å². The lowest BCUT2D eigenvalue weighted by molar-refractivity contribution is -0.151. The lowest BCUT2D eigenvalue weighted by Crippen LogP contribution is -2.48. The summed E-state index contributed by atoms with van der Waals surface area (Å²) >= 11 is 0. The summed E-state index contributed by atoms with van der Waals surface area (Å²) in [6.07, 6.45) is 1.98. The number of benzene rings is 3. The van der Waals surface area contributed by atoms with Crippen molar-refractivity contribution >= 4 is 17.7 Å². The SMILES string of the molecule is COc1ccc(COC(=O)[C@H]2CC[C@H](N(C(=O)n3nnn(-c4c(F)cccc4OC)c3=O)c3ccccc3)CC2)cc1. The molecular weight excluding hydrogens is 545 g/mol. The van der Waals surface area contributed by atoms with Crippen LogP contribution in [0.15, 0.2) is 77.6 Å². The first-order valence-electron chi connectivity index (χ1n) is 13.5. The Labute approximate surface area is 241 Å². The molecule has 1 saturated carbocycles. The molecule has 12 heteroatoms. The monoisotopic (exact) mass is 575 g/mol. The van der Waals surface area contributed by atoms with Gasteiger partial charge in [-0.15, -0.1) is 4.68 Å². The summed E-state index contributed by atoms with van der Waals surface area (Å²) in [4.78, 5) is 41.4. The fourth-order valence-electron chi connectivity index (χ4n) is 5.10. The molecule has 1 fully saturated rings. The Balaban J connectivity index is 1.32. The van der Waals surface area contributed by atoms with E-state index < -0.39 is 17.5 Å². The topological polar surface area (TPSA) is 118 Å². The van der Waals surface area contributed by atoms with Gasteiger partial charge in [0.15, 0.2) is 5.82 Å². The minimum Gasteiger partial charge on any atom is -0.497 e. The van der Waals surface area contributed by atoms with Gasteiger partial charge >= 0.3 is 17.7 Å². The van der Waals surface area contributed by atoms with Crippen LogP contribution >= 0.6 is 0 Å². The van der Waals surface area contributed by atoms with Crippen LogP contribution in [0.3, 0.4) is 0 Å². The third kappa shape index (κ3) is 5.87. The molecule has 1 aliphatic rings. The molecule has 1 aliphatic carbocycles. The van der Waals surface area contributed by atoms with Crippen molar-refractivity contribution in [3.05, 3.63) is 94.7 Å². The van der Waals surface area contributed by atoms with Crippen molar-refractivity contribution in [2.75, 3.05) is 19.1 Å². The van der Waals surface area contributed by atoms with Crippen LogP contribution in [-0.2, 0) is 16.1 Å². The molecule has 0 aliphatic heterocycles. The quantitative estimate of drug-likeness (QED) is 0.225. The highest BCUT2D eigenvalue weighted by atomic mass is 19.1. The molecule has 3 aromatic carbocycles. The van der Waals surface area contributed by atoms with Gasteiger partial charge in [0.05, 0.1) is 20.1 Å². The van der Waals surface area contributed by atoms with E-state index in [1.807, 2.05) is 18.2 Å².